The quantitative estimate of drug-likeness (QED) is 0.465. The molecule has 6 nitrogen and oxygen atoms in total. The summed E-state index contributed by atoms with van der Waals surface area (Å²) in [5.41, 5.74) is 0.805. The highest BCUT2D eigenvalue weighted by Crippen LogP contribution is 2.14. The van der Waals surface area contributed by atoms with Crippen molar-refractivity contribution in [3.63, 3.8) is 0 Å². The Labute approximate surface area is 165 Å². The topological polar surface area (TPSA) is 68.8 Å². The van der Waals surface area contributed by atoms with Crippen molar-refractivity contribution >= 4 is 33.5 Å². The molecule has 1 amide bonds. The molecule has 3 N–H and O–H groups in total. The normalized spacial score (nSPS) is 16.3. The van der Waals surface area contributed by atoms with E-state index in [0.29, 0.717) is 19.0 Å². The summed E-state index contributed by atoms with van der Waals surface area (Å²) in [6.45, 7) is 6.24. The standard InChI is InChI=1S/C19H30BrN5O/c1-3-12-25-13-9-17(10-14-25)24-19(21-2)22-11-8-18(26)23-16-6-4-15(20)5-7-16/h4-7,17H,3,8-14H2,1-2H3,(H,23,26)(H2,21,22,24). The van der Waals surface area contributed by atoms with Crippen molar-refractivity contribution in [2.24, 2.45) is 4.99 Å². The third-order valence-corrected chi connectivity index (χ3v) is 4.99. The highest BCUT2D eigenvalue weighted by atomic mass is 79.9. The molecule has 1 fully saturated rings. The van der Waals surface area contributed by atoms with Crippen molar-refractivity contribution in [3.05, 3.63) is 28.7 Å². The molecule has 1 aromatic rings. The van der Waals surface area contributed by atoms with E-state index < -0.39 is 0 Å². The first-order chi connectivity index (χ1) is 12.6. The second kappa shape index (κ2) is 11.2. The lowest BCUT2D eigenvalue weighted by Crippen LogP contribution is -2.49. The molecule has 1 saturated heterocycles. The fourth-order valence-corrected chi connectivity index (χ4v) is 3.32. The van der Waals surface area contributed by atoms with Crippen LogP contribution in [0.15, 0.2) is 33.7 Å². The first-order valence-electron chi connectivity index (χ1n) is 9.35. The molecular formula is C19H30BrN5O. The molecule has 2 rings (SSSR count). The van der Waals surface area contributed by atoms with Crippen LogP contribution in [0.3, 0.4) is 0 Å². The van der Waals surface area contributed by atoms with Crippen molar-refractivity contribution in [3.8, 4) is 0 Å². The van der Waals surface area contributed by atoms with E-state index in [1.165, 1.54) is 13.0 Å². The molecule has 0 spiro atoms. The van der Waals surface area contributed by atoms with E-state index in [9.17, 15) is 4.79 Å². The maximum absolute atomic E-state index is 12.0. The van der Waals surface area contributed by atoms with Crippen LogP contribution in [0.4, 0.5) is 5.69 Å². The molecule has 0 aliphatic carbocycles. The molecule has 1 aromatic carbocycles. The molecule has 26 heavy (non-hydrogen) atoms. The van der Waals surface area contributed by atoms with Gasteiger partial charge in [0.2, 0.25) is 5.91 Å². The zero-order valence-electron chi connectivity index (χ0n) is 15.7. The molecule has 1 heterocycles. The number of guanidine groups is 1. The van der Waals surface area contributed by atoms with Crippen molar-refractivity contribution in [2.75, 3.05) is 38.5 Å². The maximum atomic E-state index is 12.0. The lowest BCUT2D eigenvalue weighted by molar-refractivity contribution is -0.116. The molecule has 0 atom stereocenters. The van der Waals surface area contributed by atoms with Crippen LogP contribution < -0.4 is 16.0 Å². The van der Waals surface area contributed by atoms with E-state index in [-0.39, 0.29) is 5.91 Å². The van der Waals surface area contributed by atoms with E-state index in [1.807, 2.05) is 24.3 Å². The number of nitrogens with zero attached hydrogens (tertiary/aromatic N) is 2. The monoisotopic (exact) mass is 423 g/mol. The van der Waals surface area contributed by atoms with Crippen LogP contribution in [0.2, 0.25) is 0 Å². The molecule has 0 saturated carbocycles. The molecule has 0 bridgehead atoms. The Morgan fingerprint density at radius 1 is 1.27 bits per heavy atom. The van der Waals surface area contributed by atoms with Gasteiger partial charge in [-0.15, -0.1) is 0 Å². The molecule has 144 valence electrons. The molecule has 0 unspecified atom stereocenters. The number of aliphatic imine (C=N–C) groups is 1. The van der Waals surface area contributed by atoms with Gasteiger partial charge in [0.15, 0.2) is 5.96 Å². The van der Waals surface area contributed by atoms with Crippen LogP contribution in [0.1, 0.15) is 32.6 Å². The van der Waals surface area contributed by atoms with Gasteiger partial charge < -0.3 is 20.9 Å². The Balaban J connectivity index is 1.65. The maximum Gasteiger partial charge on any atom is 0.226 e. The summed E-state index contributed by atoms with van der Waals surface area (Å²) in [6, 6.07) is 8.02. The highest BCUT2D eigenvalue weighted by Gasteiger charge is 2.19. The van der Waals surface area contributed by atoms with E-state index in [1.54, 1.807) is 7.05 Å². The molecule has 0 aromatic heterocycles. The van der Waals surface area contributed by atoms with E-state index >= 15 is 0 Å². The van der Waals surface area contributed by atoms with Crippen LogP contribution in [0, 0.1) is 0 Å². The van der Waals surface area contributed by atoms with Gasteiger partial charge in [-0.25, -0.2) is 0 Å². The number of anilines is 1. The number of benzene rings is 1. The van der Waals surface area contributed by atoms with Gasteiger partial charge in [0.25, 0.3) is 0 Å². The lowest BCUT2D eigenvalue weighted by Gasteiger charge is -2.32. The predicted octanol–water partition coefficient (Wildman–Crippen LogP) is 2.82. The van der Waals surface area contributed by atoms with Crippen LogP contribution >= 0.6 is 15.9 Å². The van der Waals surface area contributed by atoms with Crippen LogP contribution in [-0.2, 0) is 4.79 Å². The summed E-state index contributed by atoms with van der Waals surface area (Å²) < 4.78 is 0.993. The Hall–Kier alpha value is -1.60. The fourth-order valence-electron chi connectivity index (χ4n) is 3.06. The number of hydrogen-bond acceptors (Lipinski definition) is 3. The van der Waals surface area contributed by atoms with E-state index in [4.69, 9.17) is 0 Å². The summed E-state index contributed by atoms with van der Waals surface area (Å²) >= 11 is 3.38. The Kier molecular flexibility index (Phi) is 8.91. The van der Waals surface area contributed by atoms with Crippen molar-refractivity contribution < 1.29 is 4.79 Å². The van der Waals surface area contributed by atoms with Gasteiger partial charge in [-0.3, -0.25) is 9.79 Å². The summed E-state index contributed by atoms with van der Waals surface area (Å²) in [5, 5.41) is 9.60. The minimum atomic E-state index is -0.0110. The fraction of sp³-hybridized carbons (Fsp3) is 0.579. The second-order valence-electron chi connectivity index (χ2n) is 6.56. The summed E-state index contributed by atoms with van der Waals surface area (Å²) in [5.74, 6) is 0.763. The number of nitrogens with one attached hydrogen (secondary N) is 3. The van der Waals surface area contributed by atoms with Gasteiger partial charge in [0.05, 0.1) is 0 Å². The number of piperidine rings is 1. The van der Waals surface area contributed by atoms with Crippen molar-refractivity contribution in [1.82, 2.24) is 15.5 Å². The average molecular weight is 424 g/mol. The molecule has 0 radical (unpaired) electrons. The summed E-state index contributed by atoms with van der Waals surface area (Å²) in [4.78, 5) is 18.8. The Morgan fingerprint density at radius 3 is 2.58 bits per heavy atom. The van der Waals surface area contributed by atoms with Gasteiger partial charge in [0.1, 0.15) is 0 Å². The summed E-state index contributed by atoms with van der Waals surface area (Å²) in [6.07, 6.45) is 3.87. The minimum Gasteiger partial charge on any atom is -0.356 e. The predicted molar refractivity (Wildman–Crippen MR) is 112 cm³/mol. The number of likely N-dealkylation sites (tertiary alicyclic amines) is 1. The zero-order chi connectivity index (χ0) is 18.8. The zero-order valence-corrected chi connectivity index (χ0v) is 17.3. The van der Waals surface area contributed by atoms with Crippen molar-refractivity contribution in [2.45, 2.75) is 38.6 Å². The minimum absolute atomic E-state index is 0.0110. The summed E-state index contributed by atoms with van der Waals surface area (Å²) in [7, 11) is 1.77. The molecule has 7 heteroatoms. The first kappa shape index (κ1) is 20.7. The third-order valence-electron chi connectivity index (χ3n) is 4.46. The average Bonchev–Trinajstić information content (AvgIpc) is 2.64. The Bertz CT molecular complexity index is 582. The van der Waals surface area contributed by atoms with E-state index in [0.717, 1.165) is 42.1 Å². The van der Waals surface area contributed by atoms with Crippen LogP contribution in [0.25, 0.3) is 0 Å². The van der Waals surface area contributed by atoms with Gasteiger partial charge >= 0.3 is 0 Å². The van der Waals surface area contributed by atoms with Gasteiger partial charge in [0, 0.05) is 49.3 Å². The number of hydrogen-bond donors (Lipinski definition) is 3. The number of carbonyl (C=O) groups excluding carboxylic acids is 1. The number of amides is 1. The largest absolute Gasteiger partial charge is 0.356 e. The third kappa shape index (κ3) is 7.33. The van der Waals surface area contributed by atoms with Crippen LogP contribution in [0.5, 0.6) is 0 Å². The smallest absolute Gasteiger partial charge is 0.226 e. The molecular weight excluding hydrogens is 394 g/mol. The van der Waals surface area contributed by atoms with E-state index in [2.05, 4.69) is 48.7 Å². The second-order valence-corrected chi connectivity index (χ2v) is 7.48. The van der Waals surface area contributed by atoms with Crippen LogP contribution in [-0.4, -0.2) is 56.0 Å². The van der Waals surface area contributed by atoms with Gasteiger partial charge in [-0.2, -0.15) is 0 Å². The Morgan fingerprint density at radius 2 is 1.96 bits per heavy atom. The molecule has 1 aliphatic heterocycles. The highest BCUT2D eigenvalue weighted by molar-refractivity contribution is 9.10. The lowest BCUT2D eigenvalue weighted by atomic mass is 10.1. The van der Waals surface area contributed by atoms with Gasteiger partial charge in [-0.05, 0) is 50.1 Å². The molecule has 1 aliphatic rings. The van der Waals surface area contributed by atoms with Gasteiger partial charge in [-0.1, -0.05) is 22.9 Å². The number of halogens is 1. The number of carbonyl (C=O) groups is 1. The first-order valence-corrected chi connectivity index (χ1v) is 10.1. The van der Waals surface area contributed by atoms with Crippen molar-refractivity contribution in [1.29, 1.82) is 0 Å². The number of rotatable bonds is 7. The SMILES string of the molecule is CCCN1CCC(NC(=NC)NCCC(=O)Nc2ccc(Br)cc2)CC1.